The van der Waals surface area contributed by atoms with Gasteiger partial charge in [-0.2, -0.15) is 0 Å². The summed E-state index contributed by atoms with van der Waals surface area (Å²) in [5.41, 5.74) is 0. The Balaban J connectivity index is 1.98. The summed E-state index contributed by atoms with van der Waals surface area (Å²) in [6.45, 7) is 2.98. The number of hydrogen-bond acceptors (Lipinski definition) is 4. The number of nitrogens with zero attached hydrogens (tertiary/aromatic N) is 3. The van der Waals surface area contributed by atoms with Crippen LogP contribution in [0.15, 0.2) is 5.16 Å². The number of rotatable bonds is 7. The zero-order valence-electron chi connectivity index (χ0n) is 11.3. The third-order valence-corrected chi connectivity index (χ3v) is 4.62. The second kappa shape index (κ2) is 6.93. The van der Waals surface area contributed by atoms with Gasteiger partial charge in [0.1, 0.15) is 5.82 Å². The Kier molecular flexibility index (Phi) is 5.24. The minimum absolute atomic E-state index is 0.0469. The molecule has 1 N–H and O–H groups in total. The van der Waals surface area contributed by atoms with E-state index >= 15 is 0 Å². The maximum atomic E-state index is 10.6. The minimum atomic E-state index is -0.812. The van der Waals surface area contributed by atoms with Gasteiger partial charge in [0.15, 0.2) is 5.16 Å². The molecule has 1 aromatic heterocycles. The molecule has 19 heavy (non-hydrogen) atoms. The summed E-state index contributed by atoms with van der Waals surface area (Å²) in [6.07, 6.45) is 7.38. The van der Waals surface area contributed by atoms with Crippen molar-refractivity contribution < 1.29 is 9.90 Å². The Bertz CT molecular complexity index is 428. The van der Waals surface area contributed by atoms with Crippen molar-refractivity contribution in [1.82, 2.24) is 14.8 Å². The van der Waals surface area contributed by atoms with E-state index in [1.165, 1.54) is 37.4 Å². The highest BCUT2D eigenvalue weighted by molar-refractivity contribution is 7.99. The first-order valence-electron chi connectivity index (χ1n) is 6.97. The summed E-state index contributed by atoms with van der Waals surface area (Å²) in [5, 5.41) is 17.8. The Morgan fingerprint density at radius 3 is 2.79 bits per heavy atom. The molecule has 0 aliphatic heterocycles. The number of thioether (sulfide) groups is 1. The number of aryl methyl sites for hydroxylation is 1. The number of aliphatic carboxylic acids is 1. The highest BCUT2D eigenvalue weighted by Crippen LogP contribution is 2.29. The number of carboxylic acid groups (broad SMARTS) is 1. The number of carbonyl (C=O) groups is 1. The fraction of sp³-hybridized carbons (Fsp3) is 0.769. The molecule has 0 radical (unpaired) electrons. The van der Waals surface area contributed by atoms with E-state index in [4.69, 9.17) is 5.11 Å². The molecule has 5 nitrogen and oxygen atoms in total. The molecule has 1 aliphatic rings. The third kappa shape index (κ3) is 3.96. The quantitative estimate of drug-likeness (QED) is 0.779. The highest BCUT2D eigenvalue weighted by atomic mass is 32.2. The van der Waals surface area contributed by atoms with Crippen LogP contribution in [0, 0.1) is 5.92 Å². The fourth-order valence-corrected chi connectivity index (χ4v) is 3.35. The van der Waals surface area contributed by atoms with Crippen LogP contribution in [0.1, 0.15) is 44.9 Å². The van der Waals surface area contributed by atoms with Crippen LogP contribution in [0.25, 0.3) is 0 Å². The topological polar surface area (TPSA) is 68.0 Å². The molecule has 0 amide bonds. The first-order valence-corrected chi connectivity index (χ1v) is 7.96. The van der Waals surface area contributed by atoms with Gasteiger partial charge in [0, 0.05) is 13.0 Å². The molecule has 1 heterocycles. The lowest BCUT2D eigenvalue weighted by molar-refractivity contribution is -0.133. The summed E-state index contributed by atoms with van der Waals surface area (Å²) < 4.78 is 2.10. The first kappa shape index (κ1) is 14.4. The molecule has 1 aromatic rings. The summed E-state index contributed by atoms with van der Waals surface area (Å²) in [6, 6.07) is 0. The van der Waals surface area contributed by atoms with Crippen molar-refractivity contribution in [3.63, 3.8) is 0 Å². The lowest BCUT2D eigenvalue weighted by atomic mass is 10.0. The molecule has 1 fully saturated rings. The molecule has 0 atom stereocenters. The van der Waals surface area contributed by atoms with Crippen molar-refractivity contribution in [2.45, 2.75) is 57.1 Å². The molecule has 0 saturated heterocycles. The molecule has 2 rings (SSSR count). The van der Waals surface area contributed by atoms with Crippen LogP contribution in [-0.2, 0) is 17.8 Å². The van der Waals surface area contributed by atoms with Gasteiger partial charge in [0.2, 0.25) is 0 Å². The van der Waals surface area contributed by atoms with Gasteiger partial charge in [-0.1, -0.05) is 44.4 Å². The Morgan fingerprint density at radius 1 is 1.42 bits per heavy atom. The number of hydrogen-bond donors (Lipinski definition) is 1. The van der Waals surface area contributed by atoms with Crippen LogP contribution in [0.4, 0.5) is 0 Å². The Labute approximate surface area is 117 Å². The molecule has 106 valence electrons. The van der Waals surface area contributed by atoms with E-state index in [2.05, 4.69) is 21.7 Å². The van der Waals surface area contributed by atoms with Crippen LogP contribution in [-0.4, -0.2) is 31.6 Å². The zero-order valence-corrected chi connectivity index (χ0v) is 12.2. The maximum absolute atomic E-state index is 10.6. The predicted octanol–water partition coefficient (Wildman–Crippen LogP) is 2.60. The SMILES string of the molecule is CCc1nnc(SCC(=O)O)n1CCC1CCCC1. The Hall–Kier alpha value is -1.04. The van der Waals surface area contributed by atoms with Gasteiger partial charge in [-0.25, -0.2) is 0 Å². The van der Waals surface area contributed by atoms with E-state index in [1.54, 1.807) is 0 Å². The second-order valence-electron chi connectivity index (χ2n) is 5.03. The van der Waals surface area contributed by atoms with Crippen LogP contribution >= 0.6 is 11.8 Å². The van der Waals surface area contributed by atoms with E-state index in [9.17, 15) is 4.79 Å². The summed E-state index contributed by atoms with van der Waals surface area (Å²) in [4.78, 5) is 10.6. The minimum Gasteiger partial charge on any atom is -0.481 e. The van der Waals surface area contributed by atoms with Crippen LogP contribution < -0.4 is 0 Å². The van der Waals surface area contributed by atoms with Crippen molar-refractivity contribution in [3.8, 4) is 0 Å². The van der Waals surface area contributed by atoms with Crippen molar-refractivity contribution in [2.75, 3.05) is 5.75 Å². The number of carboxylic acids is 1. The van der Waals surface area contributed by atoms with Gasteiger partial charge in [0.05, 0.1) is 5.75 Å². The summed E-state index contributed by atoms with van der Waals surface area (Å²) >= 11 is 1.26. The van der Waals surface area contributed by atoms with Gasteiger partial charge >= 0.3 is 5.97 Å². The predicted molar refractivity (Wildman–Crippen MR) is 74.3 cm³/mol. The average molecular weight is 283 g/mol. The van der Waals surface area contributed by atoms with E-state index in [1.807, 2.05) is 0 Å². The second-order valence-corrected chi connectivity index (χ2v) is 5.97. The molecule has 0 unspecified atom stereocenters. The van der Waals surface area contributed by atoms with Crippen LogP contribution in [0.2, 0.25) is 0 Å². The van der Waals surface area contributed by atoms with E-state index in [0.29, 0.717) is 0 Å². The lowest BCUT2D eigenvalue weighted by Gasteiger charge is -2.12. The van der Waals surface area contributed by atoms with Gasteiger partial charge < -0.3 is 9.67 Å². The van der Waals surface area contributed by atoms with Gasteiger partial charge in [-0.05, 0) is 12.3 Å². The Morgan fingerprint density at radius 2 is 2.16 bits per heavy atom. The highest BCUT2D eigenvalue weighted by Gasteiger charge is 2.17. The number of aromatic nitrogens is 3. The lowest BCUT2D eigenvalue weighted by Crippen LogP contribution is -2.09. The van der Waals surface area contributed by atoms with E-state index in [-0.39, 0.29) is 5.75 Å². The average Bonchev–Trinajstić information content (AvgIpc) is 3.02. The molecule has 0 bridgehead atoms. The zero-order chi connectivity index (χ0) is 13.7. The van der Waals surface area contributed by atoms with Crippen LogP contribution in [0.5, 0.6) is 0 Å². The summed E-state index contributed by atoms with van der Waals surface area (Å²) in [7, 11) is 0. The third-order valence-electron chi connectivity index (χ3n) is 3.67. The van der Waals surface area contributed by atoms with Crippen molar-refractivity contribution in [2.24, 2.45) is 5.92 Å². The molecule has 6 heteroatoms. The van der Waals surface area contributed by atoms with E-state index < -0.39 is 5.97 Å². The van der Waals surface area contributed by atoms with Gasteiger partial charge in [0.25, 0.3) is 0 Å². The largest absolute Gasteiger partial charge is 0.481 e. The summed E-state index contributed by atoms with van der Waals surface area (Å²) in [5.74, 6) is 1.02. The molecule has 0 aromatic carbocycles. The molecular weight excluding hydrogens is 262 g/mol. The standard InChI is InChI=1S/C13H21N3O2S/c1-2-11-14-15-13(19-9-12(17)18)16(11)8-7-10-5-3-4-6-10/h10H,2-9H2,1H3,(H,17,18). The molecule has 1 aliphatic carbocycles. The van der Waals surface area contributed by atoms with Crippen LogP contribution in [0.3, 0.4) is 0 Å². The monoisotopic (exact) mass is 283 g/mol. The molecule has 1 saturated carbocycles. The van der Waals surface area contributed by atoms with Crippen molar-refractivity contribution >= 4 is 17.7 Å². The maximum Gasteiger partial charge on any atom is 0.313 e. The first-order chi connectivity index (χ1) is 9.20. The van der Waals surface area contributed by atoms with Gasteiger partial charge in [-0.15, -0.1) is 10.2 Å². The fourth-order valence-electron chi connectivity index (χ4n) is 2.65. The van der Waals surface area contributed by atoms with Gasteiger partial charge in [-0.3, -0.25) is 4.79 Å². The van der Waals surface area contributed by atoms with Crippen molar-refractivity contribution in [1.29, 1.82) is 0 Å². The molecular formula is C13H21N3O2S. The van der Waals surface area contributed by atoms with E-state index in [0.717, 1.165) is 36.3 Å². The van der Waals surface area contributed by atoms with Crippen molar-refractivity contribution in [3.05, 3.63) is 5.82 Å². The molecule has 0 spiro atoms. The smallest absolute Gasteiger partial charge is 0.313 e. The normalized spacial score (nSPS) is 16.1.